The topological polar surface area (TPSA) is 26.0 Å². The molecule has 1 nitrogen and oxygen atoms in total. The second kappa shape index (κ2) is 10.4. The van der Waals surface area contributed by atoms with Crippen LogP contribution in [0.25, 0.3) is 0 Å². The van der Waals surface area contributed by atoms with Crippen LogP contribution in [0.15, 0.2) is 0 Å². The van der Waals surface area contributed by atoms with E-state index in [4.69, 9.17) is 5.73 Å². The Labute approximate surface area is 88.9 Å². The maximum Gasteiger partial charge on any atom is 0.0477 e. The lowest BCUT2D eigenvalue weighted by Gasteiger charge is -2.03. The monoisotopic (exact) mass is 203 g/mol. The molecule has 0 saturated carbocycles. The summed E-state index contributed by atoms with van der Waals surface area (Å²) >= 11 is 4.15. The molecule has 0 heterocycles. The molecule has 0 spiro atoms. The van der Waals surface area contributed by atoms with Crippen LogP contribution < -0.4 is 5.73 Å². The zero-order valence-corrected chi connectivity index (χ0v) is 9.86. The van der Waals surface area contributed by atoms with Crippen LogP contribution in [-0.2, 0) is 0 Å². The second-order valence-corrected chi connectivity index (χ2v) is 4.49. The first-order valence-corrected chi connectivity index (χ1v) is 6.22. The Hall–Kier alpha value is 0.310. The summed E-state index contributed by atoms with van der Waals surface area (Å²) in [5.41, 5.74) is 5.54. The van der Waals surface area contributed by atoms with Gasteiger partial charge in [-0.15, -0.1) is 0 Å². The third-order valence-corrected chi connectivity index (χ3v) is 2.61. The second-order valence-electron chi connectivity index (χ2n) is 3.83. The molecule has 0 aliphatic carbocycles. The highest BCUT2D eigenvalue weighted by Gasteiger charge is 1.94. The largest absolute Gasteiger partial charge is 0.320 e. The van der Waals surface area contributed by atoms with E-state index in [0.717, 1.165) is 6.42 Å². The van der Waals surface area contributed by atoms with E-state index in [-0.39, 0.29) is 5.37 Å². The molecule has 0 radical (unpaired) electrons. The molecule has 0 aromatic carbocycles. The smallest absolute Gasteiger partial charge is 0.0477 e. The Balaban J connectivity index is 2.84. The Morgan fingerprint density at radius 1 is 0.923 bits per heavy atom. The lowest BCUT2D eigenvalue weighted by molar-refractivity contribution is 0.562. The molecule has 0 amide bonds. The molecule has 13 heavy (non-hydrogen) atoms. The lowest BCUT2D eigenvalue weighted by atomic mass is 10.1. The summed E-state index contributed by atoms with van der Waals surface area (Å²) in [6.07, 6.45) is 12.0. The normalized spacial score (nSPS) is 13.2. The molecule has 2 N–H and O–H groups in total. The van der Waals surface area contributed by atoms with Gasteiger partial charge in [0.25, 0.3) is 0 Å². The van der Waals surface area contributed by atoms with Gasteiger partial charge in [-0.2, -0.15) is 12.6 Å². The van der Waals surface area contributed by atoms with E-state index in [2.05, 4.69) is 19.6 Å². The first-order valence-electron chi connectivity index (χ1n) is 5.71. The third kappa shape index (κ3) is 12.3. The highest BCUT2D eigenvalue weighted by atomic mass is 32.1. The molecule has 0 saturated heterocycles. The van der Waals surface area contributed by atoms with E-state index in [0.29, 0.717) is 0 Å². The van der Waals surface area contributed by atoms with Gasteiger partial charge in [-0.25, -0.2) is 0 Å². The highest BCUT2D eigenvalue weighted by Crippen LogP contribution is 2.10. The van der Waals surface area contributed by atoms with E-state index in [1.54, 1.807) is 0 Å². The van der Waals surface area contributed by atoms with Crippen molar-refractivity contribution in [2.75, 3.05) is 0 Å². The van der Waals surface area contributed by atoms with Crippen LogP contribution in [-0.4, -0.2) is 5.37 Å². The fourth-order valence-corrected chi connectivity index (χ4v) is 1.67. The molecular formula is C11H25NS. The Morgan fingerprint density at radius 2 is 1.38 bits per heavy atom. The number of unbranched alkanes of at least 4 members (excludes halogenated alkanes) is 7. The highest BCUT2D eigenvalue weighted by molar-refractivity contribution is 7.80. The number of nitrogens with two attached hydrogens (primary N) is 1. The van der Waals surface area contributed by atoms with Crippen molar-refractivity contribution in [2.45, 2.75) is 70.1 Å². The number of hydrogen-bond donors (Lipinski definition) is 2. The van der Waals surface area contributed by atoms with Gasteiger partial charge in [0, 0.05) is 5.37 Å². The minimum atomic E-state index is 0.0973. The van der Waals surface area contributed by atoms with Crippen molar-refractivity contribution in [1.29, 1.82) is 0 Å². The van der Waals surface area contributed by atoms with Gasteiger partial charge in [-0.05, 0) is 6.42 Å². The van der Waals surface area contributed by atoms with Gasteiger partial charge >= 0.3 is 0 Å². The van der Waals surface area contributed by atoms with Gasteiger partial charge in [0.05, 0.1) is 0 Å². The van der Waals surface area contributed by atoms with Crippen LogP contribution in [0.1, 0.15) is 64.7 Å². The van der Waals surface area contributed by atoms with Crippen LogP contribution in [0, 0.1) is 0 Å². The summed E-state index contributed by atoms with van der Waals surface area (Å²) in [5, 5.41) is 0.0973. The zero-order chi connectivity index (χ0) is 9.94. The minimum absolute atomic E-state index is 0.0973. The minimum Gasteiger partial charge on any atom is -0.320 e. The molecule has 80 valence electrons. The van der Waals surface area contributed by atoms with E-state index in [1.165, 1.54) is 51.4 Å². The predicted octanol–water partition coefficient (Wildman–Crippen LogP) is 3.73. The summed E-state index contributed by atoms with van der Waals surface area (Å²) in [6.45, 7) is 2.26. The number of thiol groups is 1. The van der Waals surface area contributed by atoms with Gasteiger partial charge in [-0.3, -0.25) is 0 Å². The van der Waals surface area contributed by atoms with Crippen LogP contribution in [0.4, 0.5) is 0 Å². The van der Waals surface area contributed by atoms with Crippen molar-refractivity contribution in [3.05, 3.63) is 0 Å². The van der Waals surface area contributed by atoms with E-state index < -0.39 is 0 Å². The summed E-state index contributed by atoms with van der Waals surface area (Å²) in [6, 6.07) is 0. The molecular weight excluding hydrogens is 178 g/mol. The summed E-state index contributed by atoms with van der Waals surface area (Å²) in [4.78, 5) is 0. The lowest BCUT2D eigenvalue weighted by Crippen LogP contribution is -2.10. The molecule has 0 aliphatic rings. The van der Waals surface area contributed by atoms with Crippen molar-refractivity contribution in [1.82, 2.24) is 0 Å². The SMILES string of the molecule is CCCCCCCCCCC(N)S. The van der Waals surface area contributed by atoms with E-state index in [9.17, 15) is 0 Å². The van der Waals surface area contributed by atoms with Crippen LogP contribution in [0.2, 0.25) is 0 Å². The van der Waals surface area contributed by atoms with Crippen LogP contribution in [0.5, 0.6) is 0 Å². The number of rotatable bonds is 9. The Kier molecular flexibility index (Phi) is 10.6. The Morgan fingerprint density at radius 3 is 1.85 bits per heavy atom. The summed E-state index contributed by atoms with van der Waals surface area (Å²) in [7, 11) is 0. The van der Waals surface area contributed by atoms with Gasteiger partial charge in [-0.1, -0.05) is 58.3 Å². The predicted molar refractivity (Wildman–Crippen MR) is 64.2 cm³/mol. The summed E-state index contributed by atoms with van der Waals surface area (Å²) in [5.74, 6) is 0. The molecule has 0 bridgehead atoms. The molecule has 0 fully saturated rings. The average molecular weight is 203 g/mol. The maximum absolute atomic E-state index is 5.54. The zero-order valence-electron chi connectivity index (χ0n) is 8.97. The molecule has 0 aliphatic heterocycles. The van der Waals surface area contributed by atoms with Crippen molar-refractivity contribution in [2.24, 2.45) is 5.73 Å². The quantitative estimate of drug-likeness (QED) is 0.333. The van der Waals surface area contributed by atoms with Crippen LogP contribution in [0.3, 0.4) is 0 Å². The van der Waals surface area contributed by atoms with Gasteiger partial charge in [0.1, 0.15) is 0 Å². The molecule has 1 unspecified atom stereocenters. The molecule has 0 rings (SSSR count). The standard InChI is InChI=1S/C11H25NS/c1-2-3-4-5-6-7-8-9-10-11(12)13/h11,13H,2-10,12H2,1H3. The molecule has 0 aromatic heterocycles. The van der Waals surface area contributed by atoms with E-state index in [1.807, 2.05) is 0 Å². The van der Waals surface area contributed by atoms with Crippen molar-refractivity contribution in [3.8, 4) is 0 Å². The first-order chi connectivity index (χ1) is 6.27. The Bertz CT molecular complexity index is 94.1. The van der Waals surface area contributed by atoms with Gasteiger partial charge in [0.2, 0.25) is 0 Å². The van der Waals surface area contributed by atoms with Crippen LogP contribution >= 0.6 is 12.6 Å². The fraction of sp³-hybridized carbons (Fsp3) is 1.00. The third-order valence-electron chi connectivity index (χ3n) is 2.35. The van der Waals surface area contributed by atoms with Crippen molar-refractivity contribution >= 4 is 12.6 Å². The average Bonchev–Trinajstić information content (AvgIpc) is 2.09. The fourth-order valence-electron chi connectivity index (χ4n) is 1.49. The van der Waals surface area contributed by atoms with Crippen molar-refractivity contribution < 1.29 is 0 Å². The molecule has 1 atom stereocenters. The maximum atomic E-state index is 5.54. The first kappa shape index (κ1) is 13.3. The summed E-state index contributed by atoms with van der Waals surface area (Å²) < 4.78 is 0. The number of hydrogen-bond acceptors (Lipinski definition) is 2. The van der Waals surface area contributed by atoms with Gasteiger partial charge < -0.3 is 5.73 Å². The van der Waals surface area contributed by atoms with Crippen molar-refractivity contribution in [3.63, 3.8) is 0 Å². The molecule has 0 aromatic rings. The van der Waals surface area contributed by atoms with E-state index >= 15 is 0 Å². The van der Waals surface area contributed by atoms with Gasteiger partial charge in [0.15, 0.2) is 0 Å². The molecule has 2 heteroatoms.